The predicted molar refractivity (Wildman–Crippen MR) is 56.5 cm³/mol. The number of aryl methyl sites for hydroxylation is 1. The molecule has 0 N–H and O–H groups in total. The number of carbonyl (C=O) groups is 1. The second kappa shape index (κ2) is 4.20. The van der Waals surface area contributed by atoms with E-state index in [1.165, 1.54) is 20.0 Å². The van der Waals surface area contributed by atoms with Gasteiger partial charge in [-0.05, 0) is 19.3 Å². The number of rotatable bonds is 1. The topological polar surface area (TPSA) is 80.2 Å². The monoisotopic (exact) mass is 238 g/mol. The predicted octanol–water partition coefficient (Wildman–Crippen LogP) is 0.202. The first-order valence-corrected chi connectivity index (χ1v) is 5.53. The number of aromatic nitrogens is 2. The molecule has 17 heavy (non-hydrogen) atoms. The highest BCUT2D eigenvalue weighted by molar-refractivity contribution is 5.66. The van der Waals surface area contributed by atoms with Gasteiger partial charge in [-0.25, -0.2) is 0 Å². The lowest BCUT2D eigenvalue weighted by Gasteiger charge is -2.22. The first kappa shape index (κ1) is 11.6. The van der Waals surface area contributed by atoms with Crippen LogP contribution in [0.4, 0.5) is 0 Å². The number of ether oxygens (including phenoxy) is 1. The number of esters is 1. The molecule has 0 spiro atoms. The van der Waals surface area contributed by atoms with Crippen molar-refractivity contribution in [1.82, 2.24) is 0 Å². The molecule has 1 atom stereocenters. The van der Waals surface area contributed by atoms with E-state index in [9.17, 15) is 15.2 Å². The van der Waals surface area contributed by atoms with Gasteiger partial charge < -0.3 is 15.2 Å². The molecule has 1 unspecified atom stereocenters. The van der Waals surface area contributed by atoms with E-state index in [1.807, 2.05) is 0 Å². The largest absolute Gasteiger partial charge is 0.614 e. The van der Waals surface area contributed by atoms with Gasteiger partial charge in [-0.15, -0.1) is 9.46 Å². The van der Waals surface area contributed by atoms with Crippen LogP contribution >= 0.6 is 0 Å². The Balaban J connectivity index is 2.49. The first-order valence-electron chi connectivity index (χ1n) is 5.53. The van der Waals surface area contributed by atoms with Crippen molar-refractivity contribution in [2.24, 2.45) is 0 Å². The fourth-order valence-electron chi connectivity index (χ4n) is 2.16. The second-order valence-corrected chi connectivity index (χ2v) is 4.20. The summed E-state index contributed by atoms with van der Waals surface area (Å²) in [5.41, 5.74) is 1.06. The molecule has 2 rings (SSSR count). The van der Waals surface area contributed by atoms with Gasteiger partial charge in [-0.2, -0.15) is 0 Å². The molecular formula is C11H14N2O4. The Labute approximate surface area is 98.6 Å². The van der Waals surface area contributed by atoms with Gasteiger partial charge in [0.2, 0.25) is 5.69 Å². The number of hydrogen-bond acceptors (Lipinski definition) is 4. The van der Waals surface area contributed by atoms with Crippen molar-refractivity contribution in [3.05, 3.63) is 33.7 Å². The average molecular weight is 238 g/mol. The van der Waals surface area contributed by atoms with Crippen LogP contribution in [0.25, 0.3) is 0 Å². The van der Waals surface area contributed by atoms with Crippen LogP contribution in [-0.4, -0.2) is 5.97 Å². The summed E-state index contributed by atoms with van der Waals surface area (Å²) in [6.07, 6.45) is 2.95. The third-order valence-electron chi connectivity index (χ3n) is 2.96. The fraction of sp³-hybridized carbons (Fsp3) is 0.545. The molecule has 0 bridgehead atoms. The van der Waals surface area contributed by atoms with Crippen LogP contribution in [0.2, 0.25) is 0 Å². The van der Waals surface area contributed by atoms with E-state index in [0.717, 1.165) is 6.42 Å². The van der Waals surface area contributed by atoms with Crippen molar-refractivity contribution in [2.45, 2.75) is 39.2 Å². The zero-order valence-corrected chi connectivity index (χ0v) is 9.80. The maximum Gasteiger partial charge on any atom is 0.437 e. The lowest BCUT2D eigenvalue weighted by atomic mass is 9.94. The average Bonchev–Trinajstić information content (AvgIpc) is 2.25. The highest BCUT2D eigenvalue weighted by Gasteiger charge is 2.34. The van der Waals surface area contributed by atoms with Crippen molar-refractivity contribution in [1.29, 1.82) is 0 Å². The Morgan fingerprint density at radius 1 is 1.53 bits per heavy atom. The summed E-state index contributed by atoms with van der Waals surface area (Å²) in [7, 11) is 0. The summed E-state index contributed by atoms with van der Waals surface area (Å²) < 4.78 is 6.26. The van der Waals surface area contributed by atoms with Gasteiger partial charge in [0.05, 0.1) is 12.5 Å². The van der Waals surface area contributed by atoms with Crippen LogP contribution < -0.4 is 9.46 Å². The third-order valence-corrected chi connectivity index (χ3v) is 2.96. The molecule has 0 saturated heterocycles. The molecule has 1 heterocycles. The van der Waals surface area contributed by atoms with Gasteiger partial charge in [0, 0.05) is 6.92 Å². The minimum atomic E-state index is -0.534. The lowest BCUT2D eigenvalue weighted by molar-refractivity contribution is -0.762. The Hall–Kier alpha value is -1.85. The van der Waals surface area contributed by atoms with Gasteiger partial charge >= 0.3 is 11.8 Å². The van der Waals surface area contributed by atoms with E-state index in [-0.39, 0.29) is 5.82 Å². The van der Waals surface area contributed by atoms with Gasteiger partial charge in [0.25, 0.3) is 0 Å². The maximum absolute atomic E-state index is 11.9. The minimum Gasteiger partial charge on any atom is -0.614 e. The van der Waals surface area contributed by atoms with Gasteiger partial charge in [0.15, 0.2) is 12.3 Å². The maximum atomic E-state index is 11.9. The highest BCUT2D eigenvalue weighted by atomic mass is 16.5. The van der Waals surface area contributed by atoms with Gasteiger partial charge in [0.1, 0.15) is 0 Å². The van der Waals surface area contributed by atoms with Crippen LogP contribution in [0, 0.1) is 17.3 Å². The molecule has 0 radical (unpaired) electrons. The van der Waals surface area contributed by atoms with Gasteiger partial charge in [-0.1, -0.05) is 0 Å². The van der Waals surface area contributed by atoms with Crippen LogP contribution in [0.15, 0.2) is 6.20 Å². The summed E-state index contributed by atoms with van der Waals surface area (Å²) in [4.78, 5) is 11.0. The normalized spacial score (nSPS) is 18.6. The Morgan fingerprint density at radius 2 is 2.24 bits per heavy atom. The quantitative estimate of drug-likeness (QED) is 0.397. The summed E-state index contributed by atoms with van der Waals surface area (Å²) in [6, 6.07) is 0. The number of carbonyl (C=O) groups excluding carboxylic acids is 1. The molecule has 0 saturated carbocycles. The smallest absolute Gasteiger partial charge is 0.437 e. The highest BCUT2D eigenvalue weighted by Crippen LogP contribution is 2.29. The molecule has 92 valence electrons. The molecule has 1 aliphatic carbocycles. The molecular weight excluding hydrogens is 224 g/mol. The summed E-state index contributed by atoms with van der Waals surface area (Å²) >= 11 is 0. The van der Waals surface area contributed by atoms with Crippen molar-refractivity contribution in [3.8, 4) is 0 Å². The number of nitrogens with zero attached hydrogens (tertiary/aromatic N) is 2. The van der Waals surface area contributed by atoms with E-state index in [4.69, 9.17) is 4.74 Å². The molecule has 6 nitrogen and oxygen atoms in total. The zero-order valence-electron chi connectivity index (χ0n) is 9.80. The molecule has 1 aromatic rings. The van der Waals surface area contributed by atoms with Crippen LogP contribution in [0.5, 0.6) is 0 Å². The Kier molecular flexibility index (Phi) is 2.87. The van der Waals surface area contributed by atoms with E-state index in [0.29, 0.717) is 33.6 Å². The van der Waals surface area contributed by atoms with Gasteiger partial charge in [-0.3, -0.25) is 4.79 Å². The fourth-order valence-corrected chi connectivity index (χ4v) is 2.16. The van der Waals surface area contributed by atoms with E-state index in [2.05, 4.69) is 0 Å². The molecule has 6 heteroatoms. The summed E-state index contributed by atoms with van der Waals surface area (Å²) in [5.74, 6) is -0.373. The molecule has 1 aromatic heterocycles. The van der Waals surface area contributed by atoms with E-state index >= 15 is 0 Å². The standard InChI is InChI=1S/C11H14N2O4/c1-7-12(15)6-9-4-3-5-10(17-8(2)14)11(9)13(7)16/h6,10H,3-5H2,1-2H3. The molecule has 0 aliphatic heterocycles. The van der Waals surface area contributed by atoms with Crippen LogP contribution in [0.1, 0.15) is 43.0 Å². The van der Waals surface area contributed by atoms with Crippen LogP contribution in [0.3, 0.4) is 0 Å². The van der Waals surface area contributed by atoms with Crippen molar-refractivity contribution in [2.75, 3.05) is 0 Å². The van der Waals surface area contributed by atoms with E-state index < -0.39 is 12.1 Å². The van der Waals surface area contributed by atoms with Crippen LogP contribution in [-0.2, 0) is 16.0 Å². The lowest BCUT2D eigenvalue weighted by Crippen LogP contribution is -2.51. The molecule has 0 fully saturated rings. The molecule has 1 aliphatic rings. The third kappa shape index (κ3) is 2.02. The first-order chi connectivity index (χ1) is 8.00. The summed E-state index contributed by atoms with van der Waals surface area (Å²) in [6.45, 7) is 2.76. The number of hydrogen-bond donors (Lipinski definition) is 0. The Bertz CT molecular complexity index is 473. The SMILES string of the molecule is CC(=O)OC1CCCc2c[n+]([O-])c(C)[n+]([O-])c21. The van der Waals surface area contributed by atoms with Crippen molar-refractivity contribution >= 4 is 5.97 Å². The Morgan fingerprint density at radius 3 is 2.88 bits per heavy atom. The van der Waals surface area contributed by atoms with Crippen molar-refractivity contribution in [3.63, 3.8) is 0 Å². The number of fused-ring (bicyclic) bond motifs is 1. The molecule has 0 aromatic carbocycles. The second-order valence-electron chi connectivity index (χ2n) is 4.20. The summed E-state index contributed by atoms with van der Waals surface area (Å²) in [5, 5.41) is 23.4. The van der Waals surface area contributed by atoms with Crippen molar-refractivity contribution < 1.29 is 19.0 Å². The molecule has 0 amide bonds. The van der Waals surface area contributed by atoms with E-state index in [1.54, 1.807) is 0 Å². The minimum absolute atomic E-state index is 0.0443. The zero-order chi connectivity index (χ0) is 12.6.